The van der Waals surface area contributed by atoms with Gasteiger partial charge < -0.3 is 4.90 Å². The minimum Gasteiger partial charge on any atom is -0.343 e. The zero-order chi connectivity index (χ0) is 11.3. The molecule has 0 aromatic carbocycles. The SMILES string of the molecule is CCC(=O)N1CCC(CCC(C)C)CC1. The second-order valence-electron chi connectivity index (χ2n) is 5.15. The lowest BCUT2D eigenvalue weighted by molar-refractivity contribution is -0.132. The predicted octanol–water partition coefficient (Wildman–Crippen LogP) is 3.07. The van der Waals surface area contributed by atoms with Gasteiger partial charge in [-0.1, -0.05) is 33.6 Å². The van der Waals surface area contributed by atoms with E-state index in [0.717, 1.165) is 24.9 Å². The lowest BCUT2D eigenvalue weighted by Gasteiger charge is -2.32. The van der Waals surface area contributed by atoms with E-state index in [1.165, 1.54) is 25.7 Å². The minimum absolute atomic E-state index is 0.331. The van der Waals surface area contributed by atoms with Crippen molar-refractivity contribution < 1.29 is 4.79 Å². The third kappa shape index (κ3) is 4.23. The first-order valence-electron chi connectivity index (χ1n) is 6.41. The fraction of sp³-hybridized carbons (Fsp3) is 0.923. The maximum Gasteiger partial charge on any atom is 0.222 e. The van der Waals surface area contributed by atoms with Crippen LogP contribution in [0.25, 0.3) is 0 Å². The average Bonchev–Trinajstić information content (AvgIpc) is 2.26. The van der Waals surface area contributed by atoms with E-state index >= 15 is 0 Å². The van der Waals surface area contributed by atoms with E-state index in [-0.39, 0.29) is 0 Å². The highest BCUT2D eigenvalue weighted by molar-refractivity contribution is 5.75. The van der Waals surface area contributed by atoms with Crippen molar-refractivity contribution in [3.8, 4) is 0 Å². The number of carbonyl (C=O) groups is 1. The van der Waals surface area contributed by atoms with Crippen LogP contribution < -0.4 is 0 Å². The van der Waals surface area contributed by atoms with Crippen molar-refractivity contribution in [3.05, 3.63) is 0 Å². The van der Waals surface area contributed by atoms with Crippen LogP contribution in [0.1, 0.15) is 52.9 Å². The Morgan fingerprint density at radius 2 is 1.93 bits per heavy atom. The van der Waals surface area contributed by atoms with Gasteiger partial charge >= 0.3 is 0 Å². The summed E-state index contributed by atoms with van der Waals surface area (Å²) in [4.78, 5) is 13.5. The number of piperidine rings is 1. The van der Waals surface area contributed by atoms with Gasteiger partial charge in [-0.15, -0.1) is 0 Å². The van der Waals surface area contributed by atoms with E-state index in [4.69, 9.17) is 0 Å². The first kappa shape index (κ1) is 12.5. The summed E-state index contributed by atoms with van der Waals surface area (Å²) in [5.74, 6) is 2.02. The molecule has 0 radical (unpaired) electrons. The van der Waals surface area contributed by atoms with Crippen LogP contribution in [-0.4, -0.2) is 23.9 Å². The summed E-state index contributed by atoms with van der Waals surface area (Å²) in [6.07, 6.45) is 5.80. The maximum atomic E-state index is 11.5. The topological polar surface area (TPSA) is 20.3 Å². The molecule has 1 amide bonds. The Labute approximate surface area is 94.0 Å². The fourth-order valence-corrected chi connectivity index (χ4v) is 2.26. The summed E-state index contributed by atoms with van der Waals surface area (Å²) in [6.45, 7) is 8.52. The molecule has 2 nitrogen and oxygen atoms in total. The molecule has 0 aliphatic carbocycles. The highest BCUT2D eigenvalue weighted by Gasteiger charge is 2.21. The van der Waals surface area contributed by atoms with Gasteiger partial charge in [0.2, 0.25) is 5.91 Å². The fourth-order valence-electron chi connectivity index (χ4n) is 2.26. The number of likely N-dealkylation sites (tertiary alicyclic amines) is 1. The normalized spacial score (nSPS) is 18.5. The minimum atomic E-state index is 0.331. The Kier molecular flexibility index (Phi) is 5.13. The molecule has 0 aromatic heterocycles. The van der Waals surface area contributed by atoms with Crippen molar-refractivity contribution in [3.63, 3.8) is 0 Å². The van der Waals surface area contributed by atoms with Crippen molar-refractivity contribution in [2.45, 2.75) is 52.9 Å². The monoisotopic (exact) mass is 211 g/mol. The van der Waals surface area contributed by atoms with E-state index in [1.54, 1.807) is 0 Å². The van der Waals surface area contributed by atoms with Crippen LogP contribution in [-0.2, 0) is 4.79 Å². The van der Waals surface area contributed by atoms with Gasteiger partial charge in [-0.2, -0.15) is 0 Å². The summed E-state index contributed by atoms with van der Waals surface area (Å²) < 4.78 is 0. The van der Waals surface area contributed by atoms with Crippen LogP contribution in [0.2, 0.25) is 0 Å². The molecule has 1 aliphatic heterocycles. The Bertz CT molecular complexity index is 193. The highest BCUT2D eigenvalue weighted by Crippen LogP contribution is 2.23. The standard InChI is InChI=1S/C13H25NO/c1-4-13(15)14-9-7-12(8-10-14)6-5-11(2)3/h11-12H,4-10H2,1-3H3. The van der Waals surface area contributed by atoms with E-state index in [9.17, 15) is 4.79 Å². The van der Waals surface area contributed by atoms with Crippen molar-refractivity contribution in [2.75, 3.05) is 13.1 Å². The number of hydrogen-bond acceptors (Lipinski definition) is 1. The zero-order valence-electron chi connectivity index (χ0n) is 10.5. The molecule has 0 spiro atoms. The van der Waals surface area contributed by atoms with Gasteiger partial charge in [-0.25, -0.2) is 0 Å². The van der Waals surface area contributed by atoms with Crippen LogP contribution in [0.15, 0.2) is 0 Å². The Balaban J connectivity index is 2.21. The summed E-state index contributed by atoms with van der Waals surface area (Å²) >= 11 is 0. The van der Waals surface area contributed by atoms with Crippen LogP contribution in [0.4, 0.5) is 0 Å². The zero-order valence-corrected chi connectivity index (χ0v) is 10.5. The Morgan fingerprint density at radius 1 is 1.33 bits per heavy atom. The van der Waals surface area contributed by atoms with Gasteiger partial charge in [0, 0.05) is 19.5 Å². The lowest BCUT2D eigenvalue weighted by Crippen LogP contribution is -2.38. The first-order valence-corrected chi connectivity index (χ1v) is 6.41. The lowest BCUT2D eigenvalue weighted by atomic mass is 9.89. The second-order valence-corrected chi connectivity index (χ2v) is 5.15. The molecule has 0 saturated carbocycles. The summed E-state index contributed by atoms with van der Waals surface area (Å²) in [6, 6.07) is 0. The molecule has 0 unspecified atom stereocenters. The Hall–Kier alpha value is -0.530. The second kappa shape index (κ2) is 6.14. The number of carbonyl (C=O) groups excluding carboxylic acids is 1. The molecule has 88 valence electrons. The van der Waals surface area contributed by atoms with Gasteiger partial charge in [0.15, 0.2) is 0 Å². The molecule has 0 bridgehead atoms. The van der Waals surface area contributed by atoms with Gasteiger partial charge in [-0.05, 0) is 24.7 Å². The summed E-state index contributed by atoms with van der Waals surface area (Å²) in [5, 5.41) is 0. The Morgan fingerprint density at radius 3 is 2.40 bits per heavy atom. The molecule has 1 fully saturated rings. The number of rotatable bonds is 4. The van der Waals surface area contributed by atoms with Crippen LogP contribution in [0, 0.1) is 11.8 Å². The molecule has 15 heavy (non-hydrogen) atoms. The van der Waals surface area contributed by atoms with E-state index in [0.29, 0.717) is 12.3 Å². The van der Waals surface area contributed by atoms with Gasteiger partial charge in [0.25, 0.3) is 0 Å². The van der Waals surface area contributed by atoms with Crippen molar-refractivity contribution in [2.24, 2.45) is 11.8 Å². The van der Waals surface area contributed by atoms with Gasteiger partial charge in [-0.3, -0.25) is 4.79 Å². The molecule has 1 rings (SSSR count). The van der Waals surface area contributed by atoms with Gasteiger partial charge in [0.1, 0.15) is 0 Å². The molecule has 2 heteroatoms. The van der Waals surface area contributed by atoms with E-state index < -0.39 is 0 Å². The maximum absolute atomic E-state index is 11.5. The quantitative estimate of drug-likeness (QED) is 0.700. The molecular weight excluding hydrogens is 186 g/mol. The molecule has 0 N–H and O–H groups in total. The summed E-state index contributed by atoms with van der Waals surface area (Å²) in [5.41, 5.74) is 0. The molecule has 0 aromatic rings. The van der Waals surface area contributed by atoms with Gasteiger partial charge in [0.05, 0.1) is 0 Å². The predicted molar refractivity (Wildman–Crippen MR) is 63.7 cm³/mol. The molecule has 1 saturated heterocycles. The van der Waals surface area contributed by atoms with Crippen molar-refractivity contribution >= 4 is 5.91 Å². The number of hydrogen-bond donors (Lipinski definition) is 0. The highest BCUT2D eigenvalue weighted by atomic mass is 16.2. The molecule has 1 aliphatic rings. The van der Waals surface area contributed by atoms with Crippen molar-refractivity contribution in [1.82, 2.24) is 4.90 Å². The average molecular weight is 211 g/mol. The first-order chi connectivity index (χ1) is 7.13. The van der Waals surface area contributed by atoms with Crippen LogP contribution in [0.3, 0.4) is 0 Å². The molecule has 0 atom stereocenters. The molecular formula is C13H25NO. The van der Waals surface area contributed by atoms with Crippen LogP contribution >= 0.6 is 0 Å². The van der Waals surface area contributed by atoms with Crippen LogP contribution in [0.5, 0.6) is 0 Å². The smallest absolute Gasteiger partial charge is 0.222 e. The number of amides is 1. The molecule has 1 heterocycles. The third-order valence-corrected chi connectivity index (χ3v) is 3.42. The van der Waals surface area contributed by atoms with Crippen molar-refractivity contribution in [1.29, 1.82) is 0 Å². The van der Waals surface area contributed by atoms with E-state index in [1.807, 2.05) is 11.8 Å². The summed E-state index contributed by atoms with van der Waals surface area (Å²) in [7, 11) is 0. The number of nitrogens with zero attached hydrogens (tertiary/aromatic N) is 1. The third-order valence-electron chi connectivity index (χ3n) is 3.42. The van der Waals surface area contributed by atoms with E-state index in [2.05, 4.69) is 13.8 Å². The largest absolute Gasteiger partial charge is 0.343 e.